The Hall–Kier alpha value is -2.38. The van der Waals surface area contributed by atoms with E-state index in [0.29, 0.717) is 6.61 Å². The summed E-state index contributed by atoms with van der Waals surface area (Å²) in [6, 6.07) is 10.6. The molecule has 6 nitrogen and oxygen atoms in total. The molecule has 3 heterocycles. The molecule has 32 heavy (non-hydrogen) atoms. The minimum Gasteiger partial charge on any atom is -0.494 e. The second-order valence-electron chi connectivity index (χ2n) is 8.78. The van der Waals surface area contributed by atoms with Gasteiger partial charge in [-0.15, -0.1) is 11.3 Å². The predicted molar refractivity (Wildman–Crippen MR) is 127 cm³/mol. The van der Waals surface area contributed by atoms with Crippen molar-refractivity contribution >= 4 is 23.7 Å². The van der Waals surface area contributed by atoms with Crippen LogP contribution in [0.1, 0.15) is 46.5 Å². The molecule has 0 bridgehead atoms. The third kappa shape index (κ3) is 5.70. The van der Waals surface area contributed by atoms with Crippen molar-refractivity contribution < 1.29 is 14.3 Å². The molecule has 7 heteroatoms. The molecular formula is C25H33N3O3S. The fourth-order valence-electron chi connectivity index (χ4n) is 4.58. The lowest BCUT2D eigenvalue weighted by atomic mass is 9.99. The number of amides is 2. The maximum atomic E-state index is 13.0. The Morgan fingerprint density at radius 3 is 2.56 bits per heavy atom. The quantitative estimate of drug-likeness (QED) is 0.569. The number of ether oxygens (including phenoxy) is 1. The fraction of sp³-hybridized carbons (Fsp3) is 0.520. The Bertz CT molecular complexity index is 890. The van der Waals surface area contributed by atoms with E-state index in [-0.39, 0.29) is 11.9 Å². The number of benzene rings is 1. The van der Waals surface area contributed by atoms with Gasteiger partial charge in [-0.3, -0.25) is 14.5 Å². The lowest BCUT2D eigenvalue weighted by molar-refractivity contribution is -0.119. The molecule has 2 fully saturated rings. The third-order valence-corrected chi connectivity index (χ3v) is 7.55. The van der Waals surface area contributed by atoms with E-state index in [1.165, 1.54) is 12.0 Å². The summed E-state index contributed by atoms with van der Waals surface area (Å²) in [6.45, 7) is 7.81. The molecule has 0 aliphatic carbocycles. The van der Waals surface area contributed by atoms with E-state index >= 15 is 0 Å². The summed E-state index contributed by atoms with van der Waals surface area (Å²) < 4.78 is 6.03. The Kier molecular flexibility index (Phi) is 7.81. The number of piperidine rings is 1. The van der Waals surface area contributed by atoms with Crippen molar-refractivity contribution in [2.24, 2.45) is 0 Å². The third-order valence-electron chi connectivity index (χ3n) is 6.55. The monoisotopic (exact) mass is 455 g/mol. The van der Waals surface area contributed by atoms with Crippen LogP contribution in [0.5, 0.6) is 5.75 Å². The Labute approximate surface area is 194 Å². The highest BCUT2D eigenvalue weighted by atomic mass is 32.1. The van der Waals surface area contributed by atoms with Crippen LogP contribution < -0.4 is 4.74 Å². The number of hydrogen-bond donors (Lipinski definition) is 0. The number of thiophene rings is 1. The van der Waals surface area contributed by atoms with Crippen LogP contribution in [0.2, 0.25) is 0 Å². The van der Waals surface area contributed by atoms with Crippen molar-refractivity contribution in [3.63, 3.8) is 0 Å². The zero-order valence-electron chi connectivity index (χ0n) is 18.9. The van der Waals surface area contributed by atoms with E-state index < -0.39 is 0 Å². The highest BCUT2D eigenvalue weighted by molar-refractivity contribution is 7.12. The Morgan fingerprint density at radius 1 is 1.09 bits per heavy atom. The van der Waals surface area contributed by atoms with Gasteiger partial charge in [0, 0.05) is 51.7 Å². The molecule has 172 valence electrons. The van der Waals surface area contributed by atoms with Crippen LogP contribution in [-0.2, 0) is 11.3 Å². The standard InChI is InChI=1S/C25H33N3O3S/c1-20-10-17-32-24(20)25(30)28-11-3-2-4-22(28)9-16-31-23-7-5-21(6-8-23)18-26-12-14-27(19-29)15-13-26/h5-8,10,17,19,22H,2-4,9,11-16,18H2,1H3. The summed E-state index contributed by atoms with van der Waals surface area (Å²) in [5.41, 5.74) is 2.33. The SMILES string of the molecule is Cc1ccsc1C(=O)N1CCCCC1CCOc1ccc(CN2CCN(C=O)CC2)cc1. The van der Waals surface area contributed by atoms with Crippen molar-refractivity contribution in [2.45, 2.75) is 45.2 Å². The number of aryl methyl sites for hydroxylation is 1. The Balaban J connectivity index is 1.25. The molecule has 2 aromatic rings. The van der Waals surface area contributed by atoms with Crippen LogP contribution in [0, 0.1) is 6.92 Å². The van der Waals surface area contributed by atoms with Gasteiger partial charge in [0.2, 0.25) is 6.41 Å². The minimum absolute atomic E-state index is 0.181. The van der Waals surface area contributed by atoms with Crippen LogP contribution in [0.4, 0.5) is 0 Å². The molecule has 2 aliphatic heterocycles. The molecule has 1 unspecified atom stereocenters. The molecule has 1 aromatic heterocycles. The van der Waals surface area contributed by atoms with Gasteiger partial charge in [0.15, 0.2) is 0 Å². The molecule has 0 N–H and O–H groups in total. The molecule has 2 saturated heterocycles. The zero-order chi connectivity index (χ0) is 22.3. The second-order valence-corrected chi connectivity index (χ2v) is 9.70. The number of nitrogens with zero attached hydrogens (tertiary/aromatic N) is 3. The van der Waals surface area contributed by atoms with Crippen LogP contribution in [0.3, 0.4) is 0 Å². The van der Waals surface area contributed by atoms with Gasteiger partial charge in [-0.1, -0.05) is 12.1 Å². The van der Waals surface area contributed by atoms with E-state index in [0.717, 1.165) is 81.1 Å². The first-order chi connectivity index (χ1) is 15.6. The number of likely N-dealkylation sites (tertiary alicyclic amines) is 1. The average Bonchev–Trinajstić information content (AvgIpc) is 3.26. The van der Waals surface area contributed by atoms with E-state index in [1.54, 1.807) is 11.3 Å². The molecule has 2 amide bonds. The molecule has 4 rings (SSSR count). The highest BCUT2D eigenvalue weighted by Gasteiger charge is 2.28. The number of hydrogen-bond acceptors (Lipinski definition) is 5. The first kappa shape index (κ1) is 22.8. The lowest BCUT2D eigenvalue weighted by Gasteiger charge is -2.35. The number of carbonyl (C=O) groups is 2. The van der Waals surface area contributed by atoms with E-state index in [2.05, 4.69) is 21.9 Å². The number of carbonyl (C=O) groups excluding carboxylic acids is 2. The smallest absolute Gasteiger partial charge is 0.264 e. The highest BCUT2D eigenvalue weighted by Crippen LogP contribution is 2.26. The predicted octanol–water partition coefficient (Wildman–Crippen LogP) is 3.79. The van der Waals surface area contributed by atoms with Crippen LogP contribution in [0.15, 0.2) is 35.7 Å². The van der Waals surface area contributed by atoms with Crippen LogP contribution in [0.25, 0.3) is 0 Å². The first-order valence-electron chi connectivity index (χ1n) is 11.6. The summed E-state index contributed by atoms with van der Waals surface area (Å²) in [6.07, 6.45) is 5.11. The van der Waals surface area contributed by atoms with Gasteiger partial charge < -0.3 is 14.5 Å². The zero-order valence-corrected chi connectivity index (χ0v) is 19.7. The van der Waals surface area contributed by atoms with Crippen LogP contribution >= 0.6 is 11.3 Å². The molecule has 2 aliphatic rings. The summed E-state index contributed by atoms with van der Waals surface area (Å²) in [5, 5.41) is 2.00. The Morgan fingerprint density at radius 2 is 1.88 bits per heavy atom. The molecule has 1 aromatic carbocycles. The van der Waals surface area contributed by atoms with Gasteiger partial charge >= 0.3 is 0 Å². The summed E-state index contributed by atoms with van der Waals surface area (Å²) in [7, 11) is 0. The largest absolute Gasteiger partial charge is 0.494 e. The summed E-state index contributed by atoms with van der Waals surface area (Å²) in [5.74, 6) is 1.06. The van der Waals surface area contributed by atoms with Gasteiger partial charge in [-0.25, -0.2) is 0 Å². The first-order valence-corrected chi connectivity index (χ1v) is 12.5. The average molecular weight is 456 g/mol. The van der Waals surface area contributed by atoms with Gasteiger partial charge in [0.1, 0.15) is 5.75 Å². The van der Waals surface area contributed by atoms with E-state index in [1.807, 2.05) is 35.4 Å². The van der Waals surface area contributed by atoms with Crippen molar-refractivity contribution in [1.82, 2.24) is 14.7 Å². The summed E-state index contributed by atoms with van der Waals surface area (Å²) >= 11 is 1.55. The van der Waals surface area contributed by atoms with Gasteiger partial charge in [0.05, 0.1) is 11.5 Å². The van der Waals surface area contributed by atoms with Crippen molar-refractivity contribution in [2.75, 3.05) is 39.3 Å². The van der Waals surface area contributed by atoms with E-state index in [4.69, 9.17) is 4.74 Å². The molecular weight excluding hydrogens is 422 g/mol. The van der Waals surface area contributed by atoms with E-state index in [9.17, 15) is 9.59 Å². The van der Waals surface area contributed by atoms with Crippen molar-refractivity contribution in [3.8, 4) is 5.75 Å². The second kappa shape index (κ2) is 11.0. The lowest BCUT2D eigenvalue weighted by Crippen LogP contribution is -2.45. The number of rotatable bonds is 8. The molecule has 0 saturated carbocycles. The molecule has 0 radical (unpaired) electrons. The normalized spacial score (nSPS) is 19.7. The maximum absolute atomic E-state index is 13.0. The minimum atomic E-state index is 0.181. The summed E-state index contributed by atoms with van der Waals surface area (Å²) in [4.78, 5) is 31.0. The topological polar surface area (TPSA) is 53.1 Å². The van der Waals surface area contributed by atoms with Gasteiger partial charge in [-0.2, -0.15) is 0 Å². The van der Waals surface area contributed by atoms with Gasteiger partial charge in [0.25, 0.3) is 5.91 Å². The van der Waals surface area contributed by atoms with Crippen molar-refractivity contribution in [3.05, 3.63) is 51.7 Å². The molecule has 1 atom stereocenters. The molecule has 0 spiro atoms. The fourth-order valence-corrected chi connectivity index (χ4v) is 5.46. The van der Waals surface area contributed by atoms with Crippen molar-refractivity contribution in [1.29, 1.82) is 0 Å². The maximum Gasteiger partial charge on any atom is 0.264 e. The number of piperazine rings is 1. The van der Waals surface area contributed by atoms with Crippen LogP contribution in [-0.4, -0.2) is 72.4 Å². The van der Waals surface area contributed by atoms with Gasteiger partial charge in [-0.05, 0) is 60.9 Å².